The van der Waals surface area contributed by atoms with Gasteiger partial charge in [0.05, 0.1) is 11.6 Å². The first-order valence-electron chi connectivity index (χ1n) is 6.99. The average Bonchev–Trinajstić information content (AvgIpc) is 2.82. The molecule has 1 aromatic rings. The van der Waals surface area contributed by atoms with Crippen LogP contribution in [0.3, 0.4) is 0 Å². The maximum Gasteiger partial charge on any atom is 0.145 e. The van der Waals surface area contributed by atoms with E-state index in [0.29, 0.717) is 5.78 Å². The molecule has 1 aromatic heterocycles. The topological polar surface area (TPSA) is 56.0 Å². The number of hydrogen-bond donors (Lipinski definition) is 1. The minimum absolute atomic E-state index is 0.0384. The maximum absolute atomic E-state index is 12.6. The molecule has 3 nitrogen and oxygen atoms in total. The van der Waals surface area contributed by atoms with Crippen LogP contribution in [0.1, 0.15) is 49.3 Å². The summed E-state index contributed by atoms with van der Waals surface area (Å²) in [6.07, 6.45) is 7.80. The van der Waals surface area contributed by atoms with Crippen molar-refractivity contribution in [1.29, 1.82) is 0 Å². The van der Waals surface area contributed by atoms with Crippen LogP contribution in [-0.4, -0.2) is 16.8 Å². The number of fused-ring (bicyclic) bond motifs is 1. The van der Waals surface area contributed by atoms with Gasteiger partial charge in [-0.25, -0.2) is 0 Å². The second kappa shape index (κ2) is 4.81. The summed E-state index contributed by atoms with van der Waals surface area (Å²) in [4.78, 5) is 17.0. The van der Waals surface area contributed by atoms with E-state index in [1.807, 2.05) is 6.07 Å². The van der Waals surface area contributed by atoms with Crippen LogP contribution >= 0.6 is 0 Å². The van der Waals surface area contributed by atoms with Crippen molar-refractivity contribution in [2.75, 3.05) is 0 Å². The zero-order chi connectivity index (χ0) is 12.5. The molecule has 0 aliphatic heterocycles. The molecule has 3 unspecified atom stereocenters. The molecule has 0 spiro atoms. The first-order valence-corrected chi connectivity index (χ1v) is 6.99. The lowest BCUT2D eigenvalue weighted by Crippen LogP contribution is -2.33. The van der Waals surface area contributed by atoms with Crippen molar-refractivity contribution in [1.82, 2.24) is 4.98 Å². The molecule has 3 heteroatoms. The van der Waals surface area contributed by atoms with Gasteiger partial charge in [-0.05, 0) is 43.7 Å². The Hall–Kier alpha value is -1.22. The molecule has 0 aromatic carbocycles. The van der Waals surface area contributed by atoms with Crippen molar-refractivity contribution >= 4 is 5.78 Å². The van der Waals surface area contributed by atoms with E-state index < -0.39 is 0 Å². The van der Waals surface area contributed by atoms with Crippen molar-refractivity contribution in [3.05, 3.63) is 29.6 Å². The monoisotopic (exact) mass is 244 g/mol. The van der Waals surface area contributed by atoms with Crippen molar-refractivity contribution in [2.45, 2.75) is 50.5 Å². The molecule has 1 heterocycles. The molecule has 1 fully saturated rings. The number of aryl methyl sites for hydroxylation is 1. The Morgan fingerprint density at radius 2 is 2.22 bits per heavy atom. The third kappa shape index (κ3) is 2.07. The summed E-state index contributed by atoms with van der Waals surface area (Å²) < 4.78 is 0. The predicted octanol–water partition coefficient (Wildman–Crippen LogP) is 2.20. The Labute approximate surface area is 108 Å². The third-order valence-corrected chi connectivity index (χ3v) is 4.42. The minimum Gasteiger partial charge on any atom is -0.328 e. The van der Waals surface area contributed by atoms with Crippen LogP contribution in [0, 0.1) is 5.92 Å². The zero-order valence-electron chi connectivity index (χ0n) is 10.6. The molecule has 0 saturated heterocycles. The van der Waals surface area contributed by atoms with Gasteiger partial charge in [0, 0.05) is 18.2 Å². The van der Waals surface area contributed by atoms with Gasteiger partial charge in [0.1, 0.15) is 5.78 Å². The number of carbonyl (C=O) groups is 1. The van der Waals surface area contributed by atoms with Gasteiger partial charge in [-0.3, -0.25) is 9.78 Å². The second-order valence-corrected chi connectivity index (χ2v) is 5.67. The third-order valence-electron chi connectivity index (χ3n) is 4.42. The number of rotatable bonds is 2. The summed E-state index contributed by atoms with van der Waals surface area (Å²) in [6, 6.07) is 4.28. The fourth-order valence-corrected chi connectivity index (χ4v) is 3.46. The molecule has 2 N–H and O–H groups in total. The van der Waals surface area contributed by atoms with Crippen LogP contribution in [0.15, 0.2) is 18.3 Å². The van der Waals surface area contributed by atoms with E-state index in [0.717, 1.165) is 44.2 Å². The number of aromatic nitrogens is 1. The lowest BCUT2D eigenvalue weighted by atomic mass is 9.79. The number of carbonyl (C=O) groups excluding carboxylic acids is 1. The molecule has 2 aliphatic rings. The smallest absolute Gasteiger partial charge is 0.145 e. The number of pyridine rings is 1. The normalized spacial score (nSPS) is 31.1. The summed E-state index contributed by atoms with van der Waals surface area (Å²) in [6.45, 7) is 0. The highest BCUT2D eigenvalue weighted by molar-refractivity contribution is 5.88. The molecular formula is C15H20N2O. The minimum atomic E-state index is 0.0384. The van der Waals surface area contributed by atoms with Crippen molar-refractivity contribution in [3.8, 4) is 0 Å². The lowest BCUT2D eigenvalue weighted by molar-refractivity contribution is -0.125. The van der Waals surface area contributed by atoms with Crippen LogP contribution in [-0.2, 0) is 11.2 Å². The van der Waals surface area contributed by atoms with E-state index in [2.05, 4.69) is 11.1 Å². The van der Waals surface area contributed by atoms with Crippen LogP contribution in [0.25, 0.3) is 0 Å². The van der Waals surface area contributed by atoms with Gasteiger partial charge in [-0.15, -0.1) is 0 Å². The maximum atomic E-state index is 12.6. The second-order valence-electron chi connectivity index (χ2n) is 5.67. The lowest BCUT2D eigenvalue weighted by Gasteiger charge is -2.27. The van der Waals surface area contributed by atoms with Crippen LogP contribution < -0.4 is 5.73 Å². The van der Waals surface area contributed by atoms with Gasteiger partial charge in [0.15, 0.2) is 0 Å². The standard InChI is InChI=1S/C15H20N2O/c16-12-5-1-3-11(9-12)15(18)13-7-6-10-4-2-8-17-14(10)13/h2,4,8,11-13H,1,3,5-7,9,16H2. The Balaban J connectivity index is 1.78. The van der Waals surface area contributed by atoms with E-state index >= 15 is 0 Å². The molecule has 0 bridgehead atoms. The SMILES string of the molecule is NC1CCCC(C(=O)C2CCc3cccnc32)C1. The van der Waals surface area contributed by atoms with Crippen LogP contribution in [0.2, 0.25) is 0 Å². The fraction of sp³-hybridized carbons (Fsp3) is 0.600. The summed E-state index contributed by atoms with van der Waals surface area (Å²) in [5.74, 6) is 0.603. The van der Waals surface area contributed by atoms with E-state index in [9.17, 15) is 4.79 Å². The van der Waals surface area contributed by atoms with Crippen LogP contribution in [0.5, 0.6) is 0 Å². The summed E-state index contributed by atoms with van der Waals surface area (Å²) in [5.41, 5.74) is 8.28. The van der Waals surface area contributed by atoms with Gasteiger partial charge in [-0.2, -0.15) is 0 Å². The van der Waals surface area contributed by atoms with E-state index in [1.54, 1.807) is 6.20 Å². The van der Waals surface area contributed by atoms with Crippen LogP contribution in [0.4, 0.5) is 0 Å². The predicted molar refractivity (Wildman–Crippen MR) is 70.2 cm³/mol. The molecule has 3 atom stereocenters. The van der Waals surface area contributed by atoms with Gasteiger partial charge in [0.2, 0.25) is 0 Å². The highest BCUT2D eigenvalue weighted by atomic mass is 16.1. The fourth-order valence-electron chi connectivity index (χ4n) is 3.46. The Morgan fingerprint density at radius 3 is 3.06 bits per heavy atom. The van der Waals surface area contributed by atoms with Gasteiger partial charge in [0.25, 0.3) is 0 Å². The molecule has 96 valence electrons. The summed E-state index contributed by atoms with van der Waals surface area (Å²) >= 11 is 0. The number of hydrogen-bond acceptors (Lipinski definition) is 3. The molecule has 18 heavy (non-hydrogen) atoms. The van der Waals surface area contributed by atoms with Crippen molar-refractivity contribution in [2.24, 2.45) is 11.7 Å². The Bertz CT molecular complexity index is 458. The zero-order valence-corrected chi connectivity index (χ0v) is 10.6. The van der Waals surface area contributed by atoms with Crippen molar-refractivity contribution in [3.63, 3.8) is 0 Å². The molecule has 1 saturated carbocycles. The molecule has 2 aliphatic carbocycles. The summed E-state index contributed by atoms with van der Waals surface area (Å²) in [5, 5.41) is 0. The van der Waals surface area contributed by atoms with E-state index in [1.165, 1.54) is 5.56 Å². The van der Waals surface area contributed by atoms with Gasteiger partial charge in [-0.1, -0.05) is 12.5 Å². The first-order chi connectivity index (χ1) is 8.75. The number of ketones is 1. The molecular weight excluding hydrogens is 224 g/mol. The first kappa shape index (κ1) is 11.8. The average molecular weight is 244 g/mol. The Morgan fingerprint density at radius 1 is 1.33 bits per heavy atom. The van der Waals surface area contributed by atoms with E-state index in [4.69, 9.17) is 5.73 Å². The molecule has 0 radical (unpaired) electrons. The van der Waals surface area contributed by atoms with E-state index in [-0.39, 0.29) is 17.9 Å². The van der Waals surface area contributed by atoms with Gasteiger partial charge < -0.3 is 5.73 Å². The van der Waals surface area contributed by atoms with Crippen molar-refractivity contribution < 1.29 is 4.79 Å². The quantitative estimate of drug-likeness (QED) is 0.867. The van der Waals surface area contributed by atoms with Gasteiger partial charge >= 0.3 is 0 Å². The highest BCUT2D eigenvalue weighted by Gasteiger charge is 2.35. The largest absolute Gasteiger partial charge is 0.328 e. The Kier molecular flexibility index (Phi) is 3.16. The number of nitrogens with zero attached hydrogens (tertiary/aromatic N) is 1. The number of Topliss-reactive ketones (excluding diaryl/α,β-unsaturated/α-hetero) is 1. The summed E-state index contributed by atoms with van der Waals surface area (Å²) in [7, 11) is 0. The molecule has 3 rings (SSSR count). The highest BCUT2D eigenvalue weighted by Crippen LogP contribution is 2.36. The number of nitrogens with two attached hydrogens (primary N) is 1. The molecule has 0 amide bonds.